The fourth-order valence-electron chi connectivity index (χ4n) is 1.90. The zero-order chi connectivity index (χ0) is 15.3. The number of ether oxygens (including phenoxy) is 2. The molecule has 0 bridgehead atoms. The first-order valence-electron chi connectivity index (χ1n) is 6.38. The number of nitrogens with one attached hydrogen (secondary N) is 1. The maximum absolute atomic E-state index is 12.0. The molecule has 1 N–H and O–H groups in total. The molecule has 0 saturated carbocycles. The van der Waals surface area contributed by atoms with E-state index in [1.54, 1.807) is 0 Å². The number of amides is 1. The molecule has 1 saturated heterocycles. The molecule has 9 heteroatoms. The molecule has 0 atom stereocenters. The fraction of sp³-hybridized carbons (Fsp3) is 0.462. The smallest absolute Gasteiger partial charge is 0.406 e. The lowest BCUT2D eigenvalue weighted by atomic mass is 10.3. The molecule has 1 aromatic carbocycles. The van der Waals surface area contributed by atoms with E-state index >= 15 is 0 Å². The van der Waals surface area contributed by atoms with Gasteiger partial charge in [-0.2, -0.15) is 0 Å². The van der Waals surface area contributed by atoms with Crippen LogP contribution in [0.5, 0.6) is 5.75 Å². The number of alkyl halides is 3. The monoisotopic (exact) mass is 340 g/mol. The first-order chi connectivity index (χ1) is 9.92. The summed E-state index contributed by atoms with van der Waals surface area (Å²) in [5.74, 6) is -0.546. The minimum Gasteiger partial charge on any atom is -0.406 e. The molecule has 0 aromatic heterocycles. The topological polar surface area (TPSA) is 50.8 Å². The molecule has 2 rings (SSSR count). The van der Waals surface area contributed by atoms with Gasteiger partial charge in [0.05, 0.1) is 19.8 Å². The van der Waals surface area contributed by atoms with Gasteiger partial charge in [-0.3, -0.25) is 9.69 Å². The summed E-state index contributed by atoms with van der Waals surface area (Å²) < 4.78 is 44.9. The van der Waals surface area contributed by atoms with Crippen molar-refractivity contribution in [2.75, 3.05) is 38.2 Å². The summed E-state index contributed by atoms with van der Waals surface area (Å²) in [5, 5.41) is 2.62. The maximum atomic E-state index is 12.0. The maximum Gasteiger partial charge on any atom is 0.573 e. The molecule has 1 fully saturated rings. The first kappa shape index (κ1) is 18.5. The van der Waals surface area contributed by atoms with Crippen LogP contribution < -0.4 is 10.1 Å². The molecule has 1 aliphatic rings. The van der Waals surface area contributed by atoms with Gasteiger partial charge < -0.3 is 14.8 Å². The van der Waals surface area contributed by atoms with Gasteiger partial charge in [0, 0.05) is 18.8 Å². The highest BCUT2D eigenvalue weighted by Crippen LogP contribution is 2.23. The van der Waals surface area contributed by atoms with Gasteiger partial charge in [-0.05, 0) is 24.3 Å². The van der Waals surface area contributed by atoms with Gasteiger partial charge in [0.15, 0.2) is 0 Å². The van der Waals surface area contributed by atoms with Crippen molar-refractivity contribution in [2.45, 2.75) is 6.36 Å². The summed E-state index contributed by atoms with van der Waals surface area (Å²) in [6.45, 7) is 2.79. The molecule has 5 nitrogen and oxygen atoms in total. The summed E-state index contributed by atoms with van der Waals surface area (Å²) in [6.07, 6.45) is -4.72. The average Bonchev–Trinajstić information content (AvgIpc) is 2.40. The summed E-state index contributed by atoms with van der Waals surface area (Å²) in [5.41, 5.74) is 0.419. The summed E-state index contributed by atoms with van der Waals surface area (Å²) >= 11 is 0. The molecule has 1 aliphatic heterocycles. The number of morpholine rings is 1. The lowest BCUT2D eigenvalue weighted by Gasteiger charge is -2.25. The minimum atomic E-state index is -4.72. The van der Waals surface area contributed by atoms with E-state index in [1.807, 2.05) is 4.90 Å². The van der Waals surface area contributed by atoms with Crippen LogP contribution >= 0.6 is 12.4 Å². The van der Waals surface area contributed by atoms with Crippen molar-refractivity contribution in [3.8, 4) is 5.75 Å². The fourth-order valence-corrected chi connectivity index (χ4v) is 1.90. The predicted octanol–water partition coefficient (Wildman–Crippen LogP) is 2.28. The van der Waals surface area contributed by atoms with Crippen molar-refractivity contribution in [1.29, 1.82) is 0 Å². The summed E-state index contributed by atoms with van der Waals surface area (Å²) in [4.78, 5) is 13.7. The van der Waals surface area contributed by atoms with Crippen molar-refractivity contribution in [3.63, 3.8) is 0 Å². The molecule has 0 spiro atoms. The third-order valence-corrected chi connectivity index (χ3v) is 2.84. The lowest BCUT2D eigenvalue weighted by Crippen LogP contribution is -2.41. The second-order valence-corrected chi connectivity index (χ2v) is 4.51. The SMILES string of the molecule is Cl.O=C(CN1CCOCC1)Nc1ccc(OC(F)(F)F)cc1. The third-order valence-electron chi connectivity index (χ3n) is 2.84. The molecular formula is C13H16ClF3N2O3. The zero-order valence-corrected chi connectivity index (χ0v) is 12.4. The highest BCUT2D eigenvalue weighted by atomic mass is 35.5. The quantitative estimate of drug-likeness (QED) is 0.913. The predicted molar refractivity (Wildman–Crippen MR) is 76.3 cm³/mol. The molecule has 124 valence electrons. The van der Waals surface area contributed by atoms with Crippen molar-refractivity contribution in [3.05, 3.63) is 24.3 Å². The number of benzene rings is 1. The Balaban J connectivity index is 0.00000242. The van der Waals surface area contributed by atoms with Crippen LogP contribution in [0.3, 0.4) is 0 Å². The van der Waals surface area contributed by atoms with Crippen molar-refractivity contribution < 1.29 is 27.4 Å². The van der Waals surface area contributed by atoms with E-state index < -0.39 is 6.36 Å². The van der Waals surface area contributed by atoms with E-state index in [0.717, 1.165) is 12.1 Å². The van der Waals surface area contributed by atoms with Crippen LogP contribution in [0.4, 0.5) is 18.9 Å². The average molecular weight is 341 g/mol. The van der Waals surface area contributed by atoms with Gasteiger partial charge >= 0.3 is 6.36 Å². The van der Waals surface area contributed by atoms with Gasteiger partial charge in [0.25, 0.3) is 0 Å². The van der Waals surface area contributed by atoms with E-state index in [1.165, 1.54) is 12.1 Å². The van der Waals surface area contributed by atoms with E-state index in [9.17, 15) is 18.0 Å². The molecule has 1 aromatic rings. The van der Waals surface area contributed by atoms with Crippen LogP contribution in [0.2, 0.25) is 0 Å². The van der Waals surface area contributed by atoms with E-state index in [4.69, 9.17) is 4.74 Å². The number of rotatable bonds is 4. The Bertz CT molecular complexity index is 476. The van der Waals surface area contributed by atoms with Gasteiger partial charge in [-0.15, -0.1) is 25.6 Å². The number of hydrogen-bond donors (Lipinski definition) is 1. The van der Waals surface area contributed by atoms with Crippen molar-refractivity contribution >= 4 is 24.0 Å². The van der Waals surface area contributed by atoms with Crippen LogP contribution in [0, 0.1) is 0 Å². The molecule has 1 amide bonds. The Morgan fingerprint density at radius 2 is 1.82 bits per heavy atom. The van der Waals surface area contributed by atoms with Crippen LogP contribution in [-0.4, -0.2) is 50.0 Å². The van der Waals surface area contributed by atoms with Gasteiger partial charge in [0.1, 0.15) is 5.75 Å². The third kappa shape index (κ3) is 6.50. The summed E-state index contributed by atoms with van der Waals surface area (Å²) in [6, 6.07) is 5.02. The van der Waals surface area contributed by atoms with Gasteiger partial charge in [-0.25, -0.2) is 0 Å². The number of hydrogen-bond acceptors (Lipinski definition) is 4. The first-order valence-corrected chi connectivity index (χ1v) is 6.38. The van der Waals surface area contributed by atoms with Crippen LogP contribution in [0.15, 0.2) is 24.3 Å². The highest BCUT2D eigenvalue weighted by molar-refractivity contribution is 5.92. The largest absolute Gasteiger partial charge is 0.573 e. The van der Waals surface area contributed by atoms with Crippen LogP contribution in [-0.2, 0) is 9.53 Å². The number of nitrogens with zero attached hydrogens (tertiary/aromatic N) is 1. The second kappa shape index (κ2) is 8.21. The summed E-state index contributed by atoms with van der Waals surface area (Å²) in [7, 11) is 0. The Morgan fingerprint density at radius 1 is 1.23 bits per heavy atom. The number of anilines is 1. The molecule has 0 radical (unpaired) electrons. The lowest BCUT2D eigenvalue weighted by molar-refractivity contribution is -0.274. The Morgan fingerprint density at radius 3 is 2.36 bits per heavy atom. The molecule has 1 heterocycles. The normalized spacial score (nSPS) is 15.8. The van der Waals surface area contributed by atoms with Crippen molar-refractivity contribution in [2.24, 2.45) is 0 Å². The van der Waals surface area contributed by atoms with Crippen LogP contribution in [0.25, 0.3) is 0 Å². The standard InChI is InChI=1S/C13H15F3N2O3.ClH/c14-13(15,16)21-11-3-1-10(2-4-11)17-12(19)9-18-5-7-20-8-6-18;/h1-4H,5-9H2,(H,17,19);1H. The van der Waals surface area contributed by atoms with E-state index in [-0.39, 0.29) is 30.6 Å². The van der Waals surface area contributed by atoms with Crippen LogP contribution in [0.1, 0.15) is 0 Å². The molecule has 0 aliphatic carbocycles. The number of carbonyl (C=O) groups excluding carboxylic acids is 1. The number of halogens is 4. The van der Waals surface area contributed by atoms with E-state index in [2.05, 4.69) is 10.1 Å². The molecular weight excluding hydrogens is 325 g/mol. The molecule has 0 unspecified atom stereocenters. The Kier molecular flexibility index (Phi) is 6.92. The van der Waals surface area contributed by atoms with Gasteiger partial charge in [0.2, 0.25) is 5.91 Å². The van der Waals surface area contributed by atoms with E-state index in [0.29, 0.717) is 32.0 Å². The minimum absolute atomic E-state index is 0. The Hall–Kier alpha value is -1.51. The number of carbonyl (C=O) groups is 1. The zero-order valence-electron chi connectivity index (χ0n) is 11.6. The highest BCUT2D eigenvalue weighted by Gasteiger charge is 2.30. The van der Waals surface area contributed by atoms with Crippen molar-refractivity contribution in [1.82, 2.24) is 4.90 Å². The Labute approximate surface area is 131 Å². The second-order valence-electron chi connectivity index (χ2n) is 4.51. The van der Waals surface area contributed by atoms with Gasteiger partial charge in [-0.1, -0.05) is 0 Å². The molecule has 22 heavy (non-hydrogen) atoms.